The molecule has 2 heterocycles. The van der Waals surface area contributed by atoms with Gasteiger partial charge in [0.05, 0.1) is 11.6 Å². The molecule has 2 aliphatic heterocycles. The number of hydrogen-bond donors (Lipinski definition) is 0. The van der Waals surface area contributed by atoms with E-state index in [9.17, 15) is 8.42 Å². The Bertz CT molecular complexity index is 882. The Morgan fingerprint density at radius 1 is 1.17 bits per heavy atom. The molecule has 0 saturated carbocycles. The molecule has 0 spiro atoms. The first-order valence-electron chi connectivity index (χ1n) is 8.06. The minimum atomic E-state index is -3.55. The molecule has 0 aromatic heterocycles. The van der Waals surface area contributed by atoms with E-state index in [0.29, 0.717) is 13.1 Å². The van der Waals surface area contributed by atoms with Crippen molar-refractivity contribution in [3.8, 4) is 5.75 Å². The molecule has 6 heteroatoms. The highest BCUT2D eigenvalue weighted by atomic mass is 35.5. The molecule has 0 radical (unpaired) electrons. The lowest BCUT2D eigenvalue weighted by Crippen LogP contribution is -2.28. The van der Waals surface area contributed by atoms with Gasteiger partial charge in [-0.1, -0.05) is 35.9 Å². The van der Waals surface area contributed by atoms with Gasteiger partial charge >= 0.3 is 0 Å². The fraction of sp³-hybridized carbons (Fsp3) is 0.333. The van der Waals surface area contributed by atoms with Crippen LogP contribution in [-0.2, 0) is 16.4 Å². The third kappa shape index (κ3) is 2.70. The normalized spacial score (nSPS) is 20.8. The van der Waals surface area contributed by atoms with E-state index >= 15 is 0 Å². The molecule has 1 fully saturated rings. The molecule has 0 N–H and O–H groups in total. The van der Waals surface area contributed by atoms with Crippen molar-refractivity contribution in [2.45, 2.75) is 23.7 Å². The smallest absolute Gasteiger partial charge is 0.244 e. The van der Waals surface area contributed by atoms with Crippen LogP contribution < -0.4 is 4.74 Å². The standard InChI is InChI=1S/C18H18ClNO3S/c19-16-3-1-2-4-18(16)24(21,22)20-9-7-15(12-20)13-5-6-17-14(11-13)8-10-23-17/h1-6,11,15H,7-10,12H2/t15-/m0/s1. The van der Waals surface area contributed by atoms with Crippen molar-refractivity contribution in [1.29, 1.82) is 0 Å². The molecule has 0 aliphatic carbocycles. The van der Waals surface area contributed by atoms with Gasteiger partial charge in [0.25, 0.3) is 0 Å². The summed E-state index contributed by atoms with van der Waals surface area (Å²) in [6.07, 6.45) is 1.75. The van der Waals surface area contributed by atoms with Crippen molar-refractivity contribution < 1.29 is 13.2 Å². The maximum atomic E-state index is 12.8. The van der Waals surface area contributed by atoms with Crippen molar-refractivity contribution in [2.75, 3.05) is 19.7 Å². The minimum Gasteiger partial charge on any atom is -0.493 e. The summed E-state index contributed by atoms with van der Waals surface area (Å²) in [4.78, 5) is 0.190. The van der Waals surface area contributed by atoms with Crippen LogP contribution in [0.4, 0.5) is 0 Å². The molecular formula is C18H18ClNO3S. The van der Waals surface area contributed by atoms with Gasteiger partial charge in [-0.05, 0) is 41.7 Å². The topological polar surface area (TPSA) is 46.6 Å². The molecule has 0 amide bonds. The maximum absolute atomic E-state index is 12.8. The average molecular weight is 364 g/mol. The summed E-state index contributed by atoms with van der Waals surface area (Å²) in [5.41, 5.74) is 2.41. The summed E-state index contributed by atoms with van der Waals surface area (Å²) in [5.74, 6) is 1.17. The second-order valence-electron chi connectivity index (χ2n) is 6.24. The number of ether oxygens (including phenoxy) is 1. The van der Waals surface area contributed by atoms with Gasteiger partial charge in [-0.3, -0.25) is 0 Å². The van der Waals surface area contributed by atoms with E-state index in [1.54, 1.807) is 28.6 Å². The molecule has 24 heavy (non-hydrogen) atoms. The lowest BCUT2D eigenvalue weighted by Gasteiger charge is -2.18. The van der Waals surface area contributed by atoms with Crippen LogP contribution in [0.25, 0.3) is 0 Å². The van der Waals surface area contributed by atoms with Gasteiger partial charge in [0.2, 0.25) is 10.0 Å². The zero-order valence-electron chi connectivity index (χ0n) is 13.1. The largest absolute Gasteiger partial charge is 0.493 e. The number of fused-ring (bicyclic) bond motifs is 1. The van der Waals surface area contributed by atoms with E-state index in [1.165, 1.54) is 11.1 Å². The summed E-state index contributed by atoms with van der Waals surface area (Å²) < 4.78 is 32.8. The third-order valence-electron chi connectivity index (χ3n) is 4.79. The first-order valence-corrected chi connectivity index (χ1v) is 9.88. The van der Waals surface area contributed by atoms with Crippen LogP contribution in [0.3, 0.4) is 0 Å². The molecule has 4 nitrogen and oxygen atoms in total. The Morgan fingerprint density at radius 3 is 2.83 bits per heavy atom. The first kappa shape index (κ1) is 15.9. The van der Waals surface area contributed by atoms with E-state index in [4.69, 9.17) is 16.3 Å². The molecule has 4 rings (SSSR count). The van der Waals surface area contributed by atoms with Crippen LogP contribution in [0, 0.1) is 0 Å². The van der Waals surface area contributed by atoms with Crippen LogP contribution in [0.2, 0.25) is 5.02 Å². The third-order valence-corrected chi connectivity index (χ3v) is 7.16. The average Bonchev–Trinajstić information content (AvgIpc) is 3.24. The summed E-state index contributed by atoms with van der Waals surface area (Å²) in [6.45, 7) is 1.75. The van der Waals surface area contributed by atoms with E-state index < -0.39 is 10.0 Å². The van der Waals surface area contributed by atoms with Gasteiger partial charge in [-0.15, -0.1) is 0 Å². The van der Waals surface area contributed by atoms with E-state index in [0.717, 1.165) is 25.2 Å². The summed E-state index contributed by atoms with van der Waals surface area (Å²) in [7, 11) is -3.55. The van der Waals surface area contributed by atoms with Gasteiger partial charge in [0.1, 0.15) is 10.6 Å². The van der Waals surface area contributed by atoms with Crippen LogP contribution in [-0.4, -0.2) is 32.4 Å². The quantitative estimate of drug-likeness (QED) is 0.839. The zero-order valence-corrected chi connectivity index (χ0v) is 14.7. The summed E-state index contributed by atoms with van der Waals surface area (Å²) in [5, 5.41) is 0.274. The molecule has 2 aliphatic rings. The molecule has 1 atom stereocenters. The second-order valence-corrected chi connectivity index (χ2v) is 8.56. The highest BCUT2D eigenvalue weighted by Crippen LogP contribution is 2.35. The maximum Gasteiger partial charge on any atom is 0.244 e. The van der Waals surface area contributed by atoms with Crippen molar-refractivity contribution in [2.24, 2.45) is 0 Å². The highest BCUT2D eigenvalue weighted by molar-refractivity contribution is 7.89. The number of sulfonamides is 1. The van der Waals surface area contributed by atoms with Gasteiger partial charge in [-0.25, -0.2) is 8.42 Å². The van der Waals surface area contributed by atoms with Gasteiger partial charge in [0, 0.05) is 19.5 Å². The van der Waals surface area contributed by atoms with Crippen molar-refractivity contribution in [3.63, 3.8) is 0 Å². The van der Waals surface area contributed by atoms with Crippen LogP contribution in [0.5, 0.6) is 5.75 Å². The molecular weight excluding hydrogens is 346 g/mol. The Balaban J connectivity index is 1.57. The molecule has 126 valence electrons. The molecule has 0 bridgehead atoms. The Labute approximate surface area is 147 Å². The van der Waals surface area contributed by atoms with Gasteiger partial charge in [-0.2, -0.15) is 4.31 Å². The molecule has 2 aromatic rings. The summed E-state index contributed by atoms with van der Waals surface area (Å²) >= 11 is 6.08. The minimum absolute atomic E-state index is 0.190. The molecule has 1 saturated heterocycles. The Hall–Kier alpha value is -1.56. The predicted molar refractivity (Wildman–Crippen MR) is 93.2 cm³/mol. The summed E-state index contributed by atoms with van der Waals surface area (Å²) in [6, 6.07) is 12.8. The number of benzene rings is 2. The number of halogens is 1. The highest BCUT2D eigenvalue weighted by Gasteiger charge is 2.34. The zero-order chi connectivity index (χ0) is 16.7. The Morgan fingerprint density at radius 2 is 2.00 bits per heavy atom. The van der Waals surface area contributed by atoms with Gasteiger partial charge < -0.3 is 4.74 Å². The van der Waals surface area contributed by atoms with E-state index in [-0.39, 0.29) is 15.8 Å². The fourth-order valence-corrected chi connectivity index (χ4v) is 5.47. The first-order chi connectivity index (χ1) is 11.6. The Kier molecular flexibility index (Phi) is 4.03. The lowest BCUT2D eigenvalue weighted by molar-refractivity contribution is 0.357. The van der Waals surface area contributed by atoms with Crippen molar-refractivity contribution >= 4 is 21.6 Å². The lowest BCUT2D eigenvalue weighted by atomic mass is 9.96. The molecule has 0 unspecified atom stereocenters. The number of hydrogen-bond acceptors (Lipinski definition) is 3. The number of nitrogens with zero attached hydrogens (tertiary/aromatic N) is 1. The SMILES string of the molecule is O=S(=O)(c1ccccc1Cl)N1CC[C@H](c2ccc3c(c2)CCO3)C1. The van der Waals surface area contributed by atoms with E-state index in [1.807, 2.05) is 6.07 Å². The second kappa shape index (κ2) is 6.06. The van der Waals surface area contributed by atoms with Gasteiger partial charge in [0.15, 0.2) is 0 Å². The van der Waals surface area contributed by atoms with Crippen molar-refractivity contribution in [3.05, 3.63) is 58.6 Å². The number of rotatable bonds is 3. The van der Waals surface area contributed by atoms with E-state index in [2.05, 4.69) is 12.1 Å². The van der Waals surface area contributed by atoms with Crippen molar-refractivity contribution in [1.82, 2.24) is 4.31 Å². The van der Waals surface area contributed by atoms with Crippen LogP contribution in [0.15, 0.2) is 47.4 Å². The predicted octanol–water partition coefficient (Wildman–Crippen LogP) is 3.45. The van der Waals surface area contributed by atoms with Crippen LogP contribution >= 0.6 is 11.6 Å². The monoisotopic (exact) mass is 363 g/mol. The molecule has 2 aromatic carbocycles. The van der Waals surface area contributed by atoms with Crippen LogP contribution in [0.1, 0.15) is 23.5 Å². The fourth-order valence-electron chi connectivity index (χ4n) is 3.47.